The SMILES string of the molecule is CCc1ccc(CN2CCN(Cc3ccccc3)CC2)cc1. The lowest BCUT2D eigenvalue weighted by atomic mass is 10.1. The molecule has 2 aromatic rings. The third kappa shape index (κ3) is 4.19. The van der Waals surface area contributed by atoms with Gasteiger partial charge in [0.25, 0.3) is 0 Å². The Labute approximate surface area is 134 Å². The first-order chi connectivity index (χ1) is 10.8. The molecule has 0 bridgehead atoms. The number of hydrogen-bond donors (Lipinski definition) is 0. The number of aryl methyl sites for hydroxylation is 1. The van der Waals surface area contributed by atoms with Gasteiger partial charge in [-0.15, -0.1) is 0 Å². The Hall–Kier alpha value is -1.64. The zero-order valence-corrected chi connectivity index (χ0v) is 13.5. The van der Waals surface area contributed by atoms with E-state index < -0.39 is 0 Å². The Morgan fingerprint density at radius 2 is 1.09 bits per heavy atom. The topological polar surface area (TPSA) is 6.48 Å². The van der Waals surface area contributed by atoms with Gasteiger partial charge in [-0.25, -0.2) is 0 Å². The van der Waals surface area contributed by atoms with Crippen molar-refractivity contribution >= 4 is 0 Å². The molecule has 2 nitrogen and oxygen atoms in total. The van der Waals surface area contributed by atoms with Gasteiger partial charge < -0.3 is 0 Å². The molecular formula is C20H26N2. The van der Waals surface area contributed by atoms with Gasteiger partial charge in [0.1, 0.15) is 0 Å². The fourth-order valence-electron chi connectivity index (χ4n) is 3.09. The minimum Gasteiger partial charge on any atom is -0.297 e. The van der Waals surface area contributed by atoms with E-state index in [0.29, 0.717) is 0 Å². The molecule has 2 aromatic carbocycles. The van der Waals surface area contributed by atoms with Crippen molar-refractivity contribution < 1.29 is 0 Å². The van der Waals surface area contributed by atoms with Gasteiger partial charge in [-0.3, -0.25) is 9.80 Å². The van der Waals surface area contributed by atoms with E-state index in [1.807, 2.05) is 0 Å². The average Bonchev–Trinajstić information content (AvgIpc) is 2.58. The van der Waals surface area contributed by atoms with Crippen LogP contribution in [0.3, 0.4) is 0 Å². The summed E-state index contributed by atoms with van der Waals surface area (Å²) < 4.78 is 0. The van der Waals surface area contributed by atoms with Crippen molar-refractivity contribution in [2.24, 2.45) is 0 Å². The van der Waals surface area contributed by atoms with Crippen molar-refractivity contribution in [2.75, 3.05) is 26.2 Å². The smallest absolute Gasteiger partial charge is 0.0234 e. The quantitative estimate of drug-likeness (QED) is 0.832. The van der Waals surface area contributed by atoms with Crippen LogP contribution in [0.2, 0.25) is 0 Å². The first-order valence-corrected chi connectivity index (χ1v) is 8.40. The van der Waals surface area contributed by atoms with Crippen LogP contribution in [0.5, 0.6) is 0 Å². The van der Waals surface area contributed by atoms with E-state index >= 15 is 0 Å². The third-order valence-electron chi connectivity index (χ3n) is 4.55. The predicted molar refractivity (Wildman–Crippen MR) is 92.8 cm³/mol. The number of piperazine rings is 1. The van der Waals surface area contributed by atoms with E-state index in [1.165, 1.54) is 42.9 Å². The number of benzene rings is 2. The van der Waals surface area contributed by atoms with Crippen molar-refractivity contribution in [1.29, 1.82) is 0 Å². The van der Waals surface area contributed by atoms with E-state index in [1.54, 1.807) is 0 Å². The molecule has 0 saturated carbocycles. The molecule has 0 aromatic heterocycles. The van der Waals surface area contributed by atoms with Crippen LogP contribution in [0.25, 0.3) is 0 Å². The molecule has 0 radical (unpaired) electrons. The highest BCUT2D eigenvalue weighted by Crippen LogP contribution is 2.12. The van der Waals surface area contributed by atoms with E-state index in [-0.39, 0.29) is 0 Å². The van der Waals surface area contributed by atoms with Gasteiger partial charge in [-0.05, 0) is 23.1 Å². The second kappa shape index (κ2) is 7.57. The molecule has 0 N–H and O–H groups in total. The maximum atomic E-state index is 2.57. The Morgan fingerprint density at radius 3 is 1.59 bits per heavy atom. The van der Waals surface area contributed by atoms with E-state index in [2.05, 4.69) is 71.3 Å². The molecule has 0 amide bonds. The minimum absolute atomic E-state index is 1.08. The fraction of sp³-hybridized carbons (Fsp3) is 0.400. The van der Waals surface area contributed by atoms with Crippen LogP contribution in [0.1, 0.15) is 23.6 Å². The van der Waals surface area contributed by atoms with Crippen molar-refractivity contribution in [3.8, 4) is 0 Å². The van der Waals surface area contributed by atoms with E-state index in [0.717, 1.165) is 19.5 Å². The summed E-state index contributed by atoms with van der Waals surface area (Å²) in [5, 5.41) is 0. The summed E-state index contributed by atoms with van der Waals surface area (Å²) >= 11 is 0. The summed E-state index contributed by atoms with van der Waals surface area (Å²) in [5.41, 5.74) is 4.29. The Balaban J connectivity index is 1.47. The minimum atomic E-state index is 1.08. The second-order valence-corrected chi connectivity index (χ2v) is 6.21. The lowest BCUT2D eigenvalue weighted by molar-refractivity contribution is 0.122. The Kier molecular flexibility index (Phi) is 5.25. The van der Waals surface area contributed by atoms with Crippen LogP contribution in [-0.4, -0.2) is 36.0 Å². The summed E-state index contributed by atoms with van der Waals surface area (Å²) in [4.78, 5) is 5.13. The van der Waals surface area contributed by atoms with Gasteiger partial charge in [0.15, 0.2) is 0 Å². The number of rotatable bonds is 5. The van der Waals surface area contributed by atoms with Crippen LogP contribution in [0.4, 0.5) is 0 Å². The highest BCUT2D eigenvalue weighted by molar-refractivity contribution is 5.22. The van der Waals surface area contributed by atoms with Crippen molar-refractivity contribution in [3.05, 3.63) is 71.3 Å². The highest BCUT2D eigenvalue weighted by Gasteiger charge is 2.16. The van der Waals surface area contributed by atoms with Crippen LogP contribution < -0.4 is 0 Å². The van der Waals surface area contributed by atoms with Crippen molar-refractivity contribution in [2.45, 2.75) is 26.4 Å². The summed E-state index contributed by atoms with van der Waals surface area (Å²) in [6.07, 6.45) is 1.12. The zero-order chi connectivity index (χ0) is 15.2. The molecule has 0 unspecified atom stereocenters. The first-order valence-electron chi connectivity index (χ1n) is 8.40. The molecule has 116 valence electrons. The van der Waals surface area contributed by atoms with Gasteiger partial charge in [0.05, 0.1) is 0 Å². The average molecular weight is 294 g/mol. The second-order valence-electron chi connectivity index (χ2n) is 6.21. The monoisotopic (exact) mass is 294 g/mol. The molecule has 1 aliphatic rings. The van der Waals surface area contributed by atoms with Crippen molar-refractivity contribution in [1.82, 2.24) is 9.80 Å². The van der Waals surface area contributed by atoms with E-state index in [9.17, 15) is 0 Å². The lowest BCUT2D eigenvalue weighted by Crippen LogP contribution is -2.45. The molecule has 0 aliphatic carbocycles. The molecule has 1 aliphatic heterocycles. The molecule has 1 fully saturated rings. The summed E-state index contributed by atoms with van der Waals surface area (Å²) in [5.74, 6) is 0. The normalized spacial score (nSPS) is 16.8. The molecule has 0 atom stereocenters. The first kappa shape index (κ1) is 15.3. The molecule has 1 saturated heterocycles. The third-order valence-corrected chi connectivity index (χ3v) is 4.55. The molecule has 3 rings (SSSR count). The van der Waals surface area contributed by atoms with Gasteiger partial charge in [0, 0.05) is 39.3 Å². The largest absolute Gasteiger partial charge is 0.297 e. The summed E-state index contributed by atoms with van der Waals surface area (Å²) in [6.45, 7) is 9.05. The van der Waals surface area contributed by atoms with Gasteiger partial charge >= 0.3 is 0 Å². The molecular weight excluding hydrogens is 268 g/mol. The zero-order valence-electron chi connectivity index (χ0n) is 13.5. The number of nitrogens with zero attached hydrogens (tertiary/aromatic N) is 2. The van der Waals surface area contributed by atoms with Crippen LogP contribution in [0, 0.1) is 0 Å². The van der Waals surface area contributed by atoms with Crippen molar-refractivity contribution in [3.63, 3.8) is 0 Å². The standard InChI is InChI=1S/C20H26N2/c1-2-18-8-10-20(11-9-18)17-22-14-12-21(13-15-22)16-19-6-4-3-5-7-19/h3-11H,2,12-17H2,1H3. The summed E-state index contributed by atoms with van der Waals surface area (Å²) in [7, 11) is 0. The molecule has 22 heavy (non-hydrogen) atoms. The van der Waals surface area contributed by atoms with Crippen LogP contribution in [0.15, 0.2) is 54.6 Å². The van der Waals surface area contributed by atoms with Crippen LogP contribution in [-0.2, 0) is 19.5 Å². The van der Waals surface area contributed by atoms with E-state index in [4.69, 9.17) is 0 Å². The highest BCUT2D eigenvalue weighted by atomic mass is 15.3. The maximum Gasteiger partial charge on any atom is 0.0234 e. The molecule has 1 heterocycles. The maximum absolute atomic E-state index is 2.57. The van der Waals surface area contributed by atoms with Gasteiger partial charge in [-0.1, -0.05) is 61.5 Å². The van der Waals surface area contributed by atoms with Crippen LogP contribution >= 0.6 is 0 Å². The van der Waals surface area contributed by atoms with Gasteiger partial charge in [0.2, 0.25) is 0 Å². The lowest BCUT2D eigenvalue weighted by Gasteiger charge is -2.34. The predicted octanol–water partition coefficient (Wildman–Crippen LogP) is 3.57. The molecule has 2 heteroatoms. The Morgan fingerprint density at radius 1 is 0.636 bits per heavy atom. The summed E-state index contributed by atoms with van der Waals surface area (Å²) in [6, 6.07) is 19.9. The fourth-order valence-corrected chi connectivity index (χ4v) is 3.09. The Bertz CT molecular complexity index is 554. The van der Waals surface area contributed by atoms with Gasteiger partial charge in [-0.2, -0.15) is 0 Å². The number of hydrogen-bond acceptors (Lipinski definition) is 2. The molecule has 0 spiro atoms.